The fourth-order valence-corrected chi connectivity index (χ4v) is 3.63. The van der Waals surface area contributed by atoms with E-state index in [2.05, 4.69) is 0 Å². The molecule has 0 radical (unpaired) electrons. The summed E-state index contributed by atoms with van der Waals surface area (Å²) in [5, 5.41) is 4.39. The standard InChI is InChI=1S/C12H12ClF3N2O3S/c13-8-2-1-3-9(11(8)12(14,15)16)18-5-7(4-10(18)19)6-22(17,20)21/h1-3,7H,4-6H2,(H2,17,20,21). The van der Waals surface area contributed by atoms with Crippen LogP contribution in [0.3, 0.4) is 0 Å². The van der Waals surface area contributed by atoms with Crippen molar-refractivity contribution >= 4 is 33.2 Å². The average molecular weight is 357 g/mol. The molecule has 1 aliphatic heterocycles. The Morgan fingerprint density at radius 1 is 1.36 bits per heavy atom. The molecule has 122 valence electrons. The minimum absolute atomic E-state index is 0.154. The number of hydrogen-bond donors (Lipinski definition) is 1. The molecular formula is C12H12ClF3N2O3S. The van der Waals surface area contributed by atoms with E-state index in [0.29, 0.717) is 0 Å². The fourth-order valence-electron chi connectivity index (χ4n) is 2.47. The third-order valence-corrected chi connectivity index (χ3v) is 4.49. The smallest absolute Gasteiger partial charge is 0.311 e. The molecule has 0 aromatic heterocycles. The van der Waals surface area contributed by atoms with Gasteiger partial charge in [0.15, 0.2) is 0 Å². The second-order valence-electron chi connectivity index (χ2n) is 5.04. The summed E-state index contributed by atoms with van der Waals surface area (Å²) >= 11 is 5.61. The number of carbonyl (C=O) groups excluding carboxylic acids is 1. The molecule has 5 nitrogen and oxygen atoms in total. The first-order chi connectivity index (χ1) is 9.99. The van der Waals surface area contributed by atoms with Crippen LogP contribution in [0.5, 0.6) is 0 Å². The fraction of sp³-hybridized carbons (Fsp3) is 0.417. The molecule has 1 heterocycles. The van der Waals surface area contributed by atoms with Gasteiger partial charge in [0.1, 0.15) is 0 Å². The number of benzene rings is 1. The van der Waals surface area contributed by atoms with Crippen molar-refractivity contribution in [2.75, 3.05) is 17.2 Å². The van der Waals surface area contributed by atoms with Gasteiger partial charge >= 0.3 is 6.18 Å². The van der Waals surface area contributed by atoms with Crippen molar-refractivity contribution in [3.63, 3.8) is 0 Å². The van der Waals surface area contributed by atoms with E-state index in [1.165, 1.54) is 6.07 Å². The molecular weight excluding hydrogens is 345 g/mol. The van der Waals surface area contributed by atoms with Gasteiger partial charge in [0.2, 0.25) is 15.9 Å². The topological polar surface area (TPSA) is 80.5 Å². The van der Waals surface area contributed by atoms with Crippen molar-refractivity contribution in [3.05, 3.63) is 28.8 Å². The Morgan fingerprint density at radius 3 is 2.55 bits per heavy atom. The third kappa shape index (κ3) is 3.71. The summed E-state index contributed by atoms with van der Waals surface area (Å²) in [4.78, 5) is 12.8. The molecule has 0 spiro atoms. The number of nitrogens with zero attached hydrogens (tertiary/aromatic N) is 1. The van der Waals surface area contributed by atoms with Crippen molar-refractivity contribution in [2.45, 2.75) is 12.6 Å². The van der Waals surface area contributed by atoms with Crippen LogP contribution >= 0.6 is 11.6 Å². The molecule has 1 saturated heterocycles. The Labute approximate surface area is 129 Å². The van der Waals surface area contributed by atoms with Gasteiger partial charge in [-0.2, -0.15) is 13.2 Å². The van der Waals surface area contributed by atoms with E-state index in [9.17, 15) is 26.4 Å². The maximum absolute atomic E-state index is 13.1. The molecule has 1 amide bonds. The van der Waals surface area contributed by atoms with Crippen LogP contribution in [0.1, 0.15) is 12.0 Å². The van der Waals surface area contributed by atoms with Gasteiger partial charge in [-0.25, -0.2) is 13.6 Å². The molecule has 22 heavy (non-hydrogen) atoms. The Balaban J connectivity index is 2.38. The quantitative estimate of drug-likeness (QED) is 0.899. The number of carbonyl (C=O) groups is 1. The zero-order valence-corrected chi connectivity index (χ0v) is 12.7. The van der Waals surface area contributed by atoms with E-state index in [4.69, 9.17) is 16.7 Å². The van der Waals surface area contributed by atoms with Gasteiger partial charge in [0.25, 0.3) is 0 Å². The first-order valence-electron chi connectivity index (χ1n) is 6.15. The van der Waals surface area contributed by atoms with Crippen LogP contribution in [-0.4, -0.2) is 26.6 Å². The minimum atomic E-state index is -4.73. The summed E-state index contributed by atoms with van der Waals surface area (Å²) in [5.74, 6) is -1.71. The van der Waals surface area contributed by atoms with E-state index in [0.717, 1.165) is 17.0 Å². The predicted molar refractivity (Wildman–Crippen MR) is 74.9 cm³/mol. The second-order valence-corrected chi connectivity index (χ2v) is 7.10. The lowest BCUT2D eigenvalue weighted by Crippen LogP contribution is -2.29. The summed E-state index contributed by atoms with van der Waals surface area (Å²) in [5.41, 5.74) is -1.48. The molecule has 1 unspecified atom stereocenters. The summed E-state index contributed by atoms with van der Waals surface area (Å²) in [6.07, 6.45) is -4.91. The first-order valence-corrected chi connectivity index (χ1v) is 8.25. The second kappa shape index (κ2) is 5.71. The number of anilines is 1. The van der Waals surface area contributed by atoms with Crippen molar-refractivity contribution in [3.8, 4) is 0 Å². The van der Waals surface area contributed by atoms with Gasteiger partial charge in [-0.15, -0.1) is 0 Å². The van der Waals surface area contributed by atoms with Gasteiger partial charge in [0.05, 0.1) is 22.0 Å². The molecule has 0 saturated carbocycles. The Hall–Kier alpha value is -1.32. The molecule has 1 aromatic rings. The van der Waals surface area contributed by atoms with Gasteiger partial charge < -0.3 is 4.90 Å². The number of alkyl halides is 3. The van der Waals surface area contributed by atoms with Crippen molar-refractivity contribution in [1.29, 1.82) is 0 Å². The lowest BCUT2D eigenvalue weighted by atomic mass is 10.1. The number of rotatable bonds is 3. The molecule has 0 aliphatic carbocycles. The number of primary sulfonamides is 1. The van der Waals surface area contributed by atoms with Gasteiger partial charge in [0, 0.05) is 18.9 Å². The number of sulfonamides is 1. The largest absolute Gasteiger partial charge is 0.419 e. The van der Waals surface area contributed by atoms with E-state index in [1.807, 2.05) is 0 Å². The minimum Gasteiger partial charge on any atom is -0.311 e. The van der Waals surface area contributed by atoms with E-state index < -0.39 is 44.4 Å². The molecule has 1 aliphatic rings. The predicted octanol–water partition coefficient (Wildman–Crippen LogP) is 2.00. The maximum atomic E-state index is 13.1. The van der Waals surface area contributed by atoms with Crippen LogP contribution in [0.25, 0.3) is 0 Å². The molecule has 1 fully saturated rings. The molecule has 1 aromatic carbocycles. The molecule has 0 bridgehead atoms. The normalized spacial score (nSPS) is 19.8. The number of amides is 1. The molecule has 10 heteroatoms. The van der Waals surface area contributed by atoms with Crippen LogP contribution in [0, 0.1) is 5.92 Å². The highest BCUT2D eigenvalue weighted by Crippen LogP contribution is 2.42. The monoisotopic (exact) mass is 356 g/mol. The molecule has 1 atom stereocenters. The first kappa shape index (κ1) is 17.0. The summed E-state index contributed by atoms with van der Waals surface area (Å²) in [6.45, 7) is -0.154. The van der Waals surface area contributed by atoms with E-state index in [-0.39, 0.29) is 18.7 Å². The van der Waals surface area contributed by atoms with Crippen LogP contribution in [-0.2, 0) is 21.0 Å². The van der Waals surface area contributed by atoms with Crippen LogP contribution in [0.2, 0.25) is 5.02 Å². The molecule has 2 N–H and O–H groups in total. The van der Waals surface area contributed by atoms with Crippen molar-refractivity contribution in [2.24, 2.45) is 11.1 Å². The molecule has 2 rings (SSSR count). The average Bonchev–Trinajstić information content (AvgIpc) is 2.65. The van der Waals surface area contributed by atoms with E-state index in [1.54, 1.807) is 0 Å². The Morgan fingerprint density at radius 2 is 2.00 bits per heavy atom. The van der Waals surface area contributed by atoms with Crippen LogP contribution in [0.4, 0.5) is 18.9 Å². The van der Waals surface area contributed by atoms with Crippen molar-refractivity contribution in [1.82, 2.24) is 0 Å². The SMILES string of the molecule is NS(=O)(=O)CC1CC(=O)N(c2cccc(Cl)c2C(F)(F)F)C1. The van der Waals surface area contributed by atoms with Gasteiger partial charge in [-0.3, -0.25) is 4.79 Å². The highest BCUT2D eigenvalue weighted by Gasteiger charge is 2.41. The number of hydrogen-bond acceptors (Lipinski definition) is 3. The van der Waals surface area contributed by atoms with Gasteiger partial charge in [-0.1, -0.05) is 17.7 Å². The Kier molecular flexibility index (Phi) is 4.42. The highest BCUT2D eigenvalue weighted by molar-refractivity contribution is 7.89. The highest BCUT2D eigenvalue weighted by atomic mass is 35.5. The summed E-state index contributed by atoms with van der Waals surface area (Å²) in [7, 11) is -3.81. The van der Waals surface area contributed by atoms with Crippen LogP contribution < -0.4 is 10.0 Å². The summed E-state index contributed by atoms with van der Waals surface area (Å²) in [6, 6.07) is 3.51. The lowest BCUT2D eigenvalue weighted by Gasteiger charge is -2.22. The maximum Gasteiger partial charge on any atom is 0.419 e. The Bertz CT molecular complexity index is 706. The van der Waals surface area contributed by atoms with Crippen LogP contribution in [0.15, 0.2) is 18.2 Å². The van der Waals surface area contributed by atoms with Crippen molar-refractivity contribution < 1.29 is 26.4 Å². The zero-order valence-electron chi connectivity index (χ0n) is 11.1. The van der Waals surface area contributed by atoms with E-state index >= 15 is 0 Å². The third-order valence-electron chi connectivity index (χ3n) is 3.24. The van der Waals surface area contributed by atoms with Gasteiger partial charge in [-0.05, 0) is 12.1 Å². The lowest BCUT2D eigenvalue weighted by molar-refractivity contribution is -0.137. The number of nitrogens with two attached hydrogens (primary N) is 1. The summed E-state index contributed by atoms with van der Waals surface area (Å²) < 4.78 is 61.5. The zero-order chi connectivity index (χ0) is 16.7. The number of halogens is 4.